The number of hydrogen-bond donors (Lipinski definition) is 2. The molecule has 31 heavy (non-hydrogen) atoms. The predicted molar refractivity (Wildman–Crippen MR) is 119 cm³/mol. The second kappa shape index (κ2) is 10.5. The molecule has 0 aliphatic heterocycles. The Hall–Kier alpha value is -3.44. The highest BCUT2D eigenvalue weighted by atomic mass is 32.2. The summed E-state index contributed by atoms with van der Waals surface area (Å²) >= 11 is 1.38. The summed E-state index contributed by atoms with van der Waals surface area (Å²) in [5.74, 6) is -0.181. The van der Waals surface area contributed by atoms with E-state index in [4.69, 9.17) is 5.26 Å². The maximum absolute atomic E-state index is 11.7. The number of aromatic nitrogens is 3. The first kappa shape index (κ1) is 22.2. The average Bonchev–Trinajstić information content (AvgIpc) is 2.73. The van der Waals surface area contributed by atoms with Crippen LogP contribution in [0.25, 0.3) is 0 Å². The van der Waals surface area contributed by atoms with Gasteiger partial charge in [-0.1, -0.05) is 26.0 Å². The quantitative estimate of drug-likeness (QED) is 0.457. The number of carboxylic acid groups (broad SMARTS) is 1. The lowest BCUT2D eigenvalue weighted by Crippen LogP contribution is -2.20. The van der Waals surface area contributed by atoms with Gasteiger partial charge in [-0.05, 0) is 54.4 Å². The number of carboxylic acids is 1. The third-order valence-corrected chi connectivity index (χ3v) is 5.26. The third-order valence-electron chi connectivity index (χ3n) is 4.39. The summed E-state index contributed by atoms with van der Waals surface area (Å²) in [6.45, 7) is 4.00. The number of hydrogen-bond acceptors (Lipinski definition) is 7. The standard InChI is InChI=1S/C23H23N5O2S/c1-15(2)10-17(23(29)30)12-19-27-20(26-18-7-5-6-16(11-18)14-24)13-22(28-19)31-21-8-3-4-9-25-21/h3-9,11,13,15,17H,10,12H2,1-2H3,(H,29,30)(H,26,27,28)/t17-/m0/s1. The van der Waals surface area contributed by atoms with Crippen molar-refractivity contribution in [2.75, 3.05) is 5.32 Å². The van der Waals surface area contributed by atoms with Crippen LogP contribution in [0.2, 0.25) is 0 Å². The normalized spacial score (nSPS) is 11.7. The molecule has 0 fully saturated rings. The Morgan fingerprint density at radius 2 is 2.00 bits per heavy atom. The molecule has 0 aliphatic rings. The van der Waals surface area contributed by atoms with Gasteiger partial charge in [-0.3, -0.25) is 4.79 Å². The first-order valence-electron chi connectivity index (χ1n) is 9.89. The van der Waals surface area contributed by atoms with E-state index >= 15 is 0 Å². The second-order valence-corrected chi connectivity index (χ2v) is 8.50. The minimum absolute atomic E-state index is 0.233. The molecule has 3 rings (SSSR count). The summed E-state index contributed by atoms with van der Waals surface area (Å²) in [6.07, 6.45) is 2.49. The van der Waals surface area contributed by atoms with Gasteiger partial charge >= 0.3 is 5.97 Å². The first-order valence-corrected chi connectivity index (χ1v) is 10.7. The minimum Gasteiger partial charge on any atom is -0.481 e. The van der Waals surface area contributed by atoms with Crippen LogP contribution in [0.3, 0.4) is 0 Å². The number of anilines is 2. The molecule has 0 bridgehead atoms. The van der Waals surface area contributed by atoms with Crippen LogP contribution in [0.5, 0.6) is 0 Å². The van der Waals surface area contributed by atoms with Crippen molar-refractivity contribution >= 4 is 29.2 Å². The lowest BCUT2D eigenvalue weighted by Gasteiger charge is -2.15. The van der Waals surface area contributed by atoms with Gasteiger partial charge in [0.2, 0.25) is 0 Å². The molecule has 7 nitrogen and oxygen atoms in total. The minimum atomic E-state index is -0.851. The van der Waals surface area contributed by atoms with E-state index in [2.05, 4.69) is 26.3 Å². The smallest absolute Gasteiger partial charge is 0.306 e. The third kappa shape index (κ3) is 6.79. The van der Waals surface area contributed by atoms with Gasteiger partial charge < -0.3 is 10.4 Å². The SMILES string of the molecule is CC(C)C[C@@H](Cc1nc(Nc2cccc(C#N)c2)cc(Sc2ccccn2)n1)C(=O)O. The van der Waals surface area contributed by atoms with E-state index in [0.717, 1.165) is 10.7 Å². The van der Waals surface area contributed by atoms with Crippen LogP contribution >= 0.6 is 11.8 Å². The van der Waals surface area contributed by atoms with Crippen molar-refractivity contribution in [1.82, 2.24) is 15.0 Å². The molecule has 0 spiro atoms. The molecule has 1 atom stereocenters. The zero-order valence-electron chi connectivity index (χ0n) is 17.3. The zero-order valence-corrected chi connectivity index (χ0v) is 18.1. The number of carbonyl (C=O) groups is 1. The Morgan fingerprint density at radius 1 is 1.16 bits per heavy atom. The molecule has 2 heterocycles. The molecule has 158 valence electrons. The molecule has 0 unspecified atom stereocenters. The van der Waals surface area contributed by atoms with Crippen LogP contribution in [0, 0.1) is 23.2 Å². The van der Waals surface area contributed by atoms with Gasteiger partial charge in [-0.2, -0.15) is 5.26 Å². The van der Waals surface area contributed by atoms with E-state index in [9.17, 15) is 9.90 Å². The number of nitrogens with zero attached hydrogens (tertiary/aromatic N) is 4. The van der Waals surface area contributed by atoms with E-state index < -0.39 is 11.9 Å². The molecule has 1 aromatic carbocycles. The van der Waals surface area contributed by atoms with Crippen molar-refractivity contribution in [3.63, 3.8) is 0 Å². The summed E-state index contributed by atoms with van der Waals surface area (Å²) < 4.78 is 0. The summed E-state index contributed by atoms with van der Waals surface area (Å²) in [7, 11) is 0. The molecule has 8 heteroatoms. The molecular formula is C23H23N5O2S. The number of nitrogens with one attached hydrogen (secondary N) is 1. The molecule has 2 N–H and O–H groups in total. The fraction of sp³-hybridized carbons (Fsp3) is 0.261. The lowest BCUT2D eigenvalue weighted by molar-refractivity contribution is -0.142. The van der Waals surface area contributed by atoms with Crippen molar-refractivity contribution in [2.24, 2.45) is 11.8 Å². The summed E-state index contributed by atoms with van der Waals surface area (Å²) in [5.41, 5.74) is 1.25. The van der Waals surface area contributed by atoms with Gasteiger partial charge in [0.15, 0.2) is 0 Å². The zero-order chi connectivity index (χ0) is 22.2. The van der Waals surface area contributed by atoms with E-state index in [1.54, 1.807) is 30.5 Å². The van der Waals surface area contributed by atoms with Gasteiger partial charge in [0.05, 0.1) is 17.6 Å². The molecule has 2 aromatic heterocycles. The maximum atomic E-state index is 11.7. The number of pyridine rings is 1. The monoisotopic (exact) mass is 433 g/mol. The van der Waals surface area contributed by atoms with Crippen LogP contribution in [-0.2, 0) is 11.2 Å². The number of nitriles is 1. The Labute approximate surface area is 185 Å². The Balaban J connectivity index is 1.92. The molecule has 0 aliphatic carbocycles. The summed E-state index contributed by atoms with van der Waals surface area (Å²) in [4.78, 5) is 25.2. The highest BCUT2D eigenvalue weighted by Crippen LogP contribution is 2.28. The van der Waals surface area contributed by atoms with Gasteiger partial charge in [-0.15, -0.1) is 0 Å². The largest absolute Gasteiger partial charge is 0.481 e. The Morgan fingerprint density at radius 3 is 2.68 bits per heavy atom. The number of benzene rings is 1. The van der Waals surface area contributed by atoms with Crippen molar-refractivity contribution in [2.45, 2.75) is 36.7 Å². The fourth-order valence-electron chi connectivity index (χ4n) is 3.07. The van der Waals surface area contributed by atoms with Crippen molar-refractivity contribution in [1.29, 1.82) is 5.26 Å². The van der Waals surface area contributed by atoms with Crippen LogP contribution in [0.15, 0.2) is 64.8 Å². The molecule has 0 radical (unpaired) electrons. The molecule has 0 amide bonds. The van der Waals surface area contributed by atoms with Crippen LogP contribution in [0.1, 0.15) is 31.7 Å². The lowest BCUT2D eigenvalue weighted by atomic mass is 9.94. The summed E-state index contributed by atoms with van der Waals surface area (Å²) in [5, 5.41) is 23.4. The molecule has 3 aromatic rings. The summed E-state index contributed by atoms with van der Waals surface area (Å²) in [6, 6.07) is 16.6. The van der Waals surface area contributed by atoms with Crippen LogP contribution in [0.4, 0.5) is 11.5 Å². The fourth-order valence-corrected chi connectivity index (χ4v) is 3.87. The highest BCUT2D eigenvalue weighted by Gasteiger charge is 2.21. The molecular weight excluding hydrogens is 410 g/mol. The second-order valence-electron chi connectivity index (χ2n) is 7.46. The first-order chi connectivity index (χ1) is 14.9. The molecule has 0 saturated carbocycles. The Bertz CT molecular complexity index is 1080. The maximum Gasteiger partial charge on any atom is 0.306 e. The van der Waals surface area contributed by atoms with Gasteiger partial charge in [0.1, 0.15) is 21.7 Å². The van der Waals surface area contributed by atoms with Crippen LogP contribution < -0.4 is 5.32 Å². The van der Waals surface area contributed by atoms with E-state index in [-0.39, 0.29) is 12.3 Å². The molecule has 0 saturated heterocycles. The van der Waals surface area contributed by atoms with Crippen molar-refractivity contribution in [3.05, 3.63) is 66.1 Å². The van der Waals surface area contributed by atoms with Gasteiger partial charge in [0, 0.05) is 24.4 Å². The number of aliphatic carboxylic acids is 1. The number of rotatable bonds is 9. The van der Waals surface area contributed by atoms with Crippen LogP contribution in [-0.4, -0.2) is 26.0 Å². The topological polar surface area (TPSA) is 112 Å². The van der Waals surface area contributed by atoms with E-state index in [1.807, 2.05) is 38.1 Å². The van der Waals surface area contributed by atoms with Crippen molar-refractivity contribution < 1.29 is 9.90 Å². The predicted octanol–water partition coefficient (Wildman–Crippen LogP) is 4.93. The Kier molecular flexibility index (Phi) is 7.57. The van der Waals surface area contributed by atoms with E-state index in [0.29, 0.717) is 28.7 Å². The average molecular weight is 434 g/mol. The van der Waals surface area contributed by atoms with E-state index in [1.165, 1.54) is 11.8 Å². The van der Waals surface area contributed by atoms with Crippen molar-refractivity contribution in [3.8, 4) is 6.07 Å². The van der Waals surface area contributed by atoms with Gasteiger partial charge in [0.25, 0.3) is 0 Å². The van der Waals surface area contributed by atoms with Gasteiger partial charge in [-0.25, -0.2) is 15.0 Å². The highest BCUT2D eigenvalue weighted by molar-refractivity contribution is 7.99.